The van der Waals surface area contributed by atoms with Crippen LogP contribution < -0.4 is 0 Å². The predicted octanol–water partition coefficient (Wildman–Crippen LogP) is 4.07. The molecule has 1 rings (SSSR count). The monoisotopic (exact) mass is 392 g/mol. The van der Waals surface area contributed by atoms with Crippen LogP contribution in [0.2, 0.25) is 18.1 Å². The largest absolute Gasteiger partial charge is 0.466 e. The molecule has 0 aromatic carbocycles. The van der Waals surface area contributed by atoms with Crippen molar-refractivity contribution in [2.75, 3.05) is 25.2 Å². The minimum atomic E-state index is -2.10. The van der Waals surface area contributed by atoms with E-state index in [2.05, 4.69) is 33.9 Å². The fraction of sp³-hybridized carbons (Fsp3) is 0.944. The third-order valence-corrected chi connectivity index (χ3v) is 10.1. The molecular weight excluding hydrogens is 356 g/mol. The fourth-order valence-corrected chi connectivity index (χ4v) is 4.57. The minimum Gasteiger partial charge on any atom is -0.466 e. The molecule has 5 nitrogen and oxygen atoms in total. The van der Waals surface area contributed by atoms with Crippen LogP contribution in [-0.4, -0.2) is 57.5 Å². The zero-order valence-electron chi connectivity index (χ0n) is 17.3. The van der Waals surface area contributed by atoms with Gasteiger partial charge in [0.1, 0.15) is 6.10 Å². The van der Waals surface area contributed by atoms with Crippen molar-refractivity contribution in [3.63, 3.8) is 0 Å². The van der Waals surface area contributed by atoms with E-state index in [1.54, 1.807) is 11.8 Å². The highest BCUT2D eigenvalue weighted by Crippen LogP contribution is 2.40. The Hall–Kier alpha value is -0.0831. The molecule has 0 aliphatic carbocycles. The Bertz CT molecular complexity index is 447. The van der Waals surface area contributed by atoms with E-state index in [9.17, 15) is 4.79 Å². The van der Waals surface area contributed by atoms with Crippen molar-refractivity contribution >= 4 is 26.0 Å². The summed E-state index contributed by atoms with van der Waals surface area (Å²) in [6.45, 7) is 17.4. The molecule has 1 aliphatic rings. The lowest BCUT2D eigenvalue weighted by atomic mass is 10.00. The first-order valence-electron chi connectivity index (χ1n) is 9.00. The molecule has 1 heterocycles. The summed E-state index contributed by atoms with van der Waals surface area (Å²) in [7, 11) is -2.10. The van der Waals surface area contributed by atoms with Crippen LogP contribution >= 0.6 is 11.8 Å². The van der Waals surface area contributed by atoms with Gasteiger partial charge >= 0.3 is 5.97 Å². The smallest absolute Gasteiger partial charge is 0.312 e. The van der Waals surface area contributed by atoms with Crippen LogP contribution in [0.3, 0.4) is 0 Å². The van der Waals surface area contributed by atoms with Crippen molar-refractivity contribution in [3.8, 4) is 0 Å². The summed E-state index contributed by atoms with van der Waals surface area (Å²) < 4.78 is 23.9. The number of hydrogen-bond donors (Lipinski definition) is 0. The molecule has 0 bridgehead atoms. The van der Waals surface area contributed by atoms with E-state index in [0.29, 0.717) is 19.0 Å². The van der Waals surface area contributed by atoms with Gasteiger partial charge in [0.05, 0.1) is 25.2 Å². The summed E-state index contributed by atoms with van der Waals surface area (Å²) in [5.41, 5.74) is 0. The number of rotatable bonds is 8. The normalized spacial score (nSPS) is 23.3. The molecule has 3 atom stereocenters. The first-order valence-corrected chi connectivity index (χ1v) is 13.3. The Balaban J connectivity index is 3.14. The number of thioether (sulfide) groups is 1. The third kappa shape index (κ3) is 6.24. The zero-order chi connectivity index (χ0) is 19.5. The van der Waals surface area contributed by atoms with E-state index in [-0.39, 0.29) is 29.1 Å². The summed E-state index contributed by atoms with van der Waals surface area (Å²) in [4.78, 5) is 12.6. The highest BCUT2D eigenvalue weighted by Gasteiger charge is 2.48. The van der Waals surface area contributed by atoms with Gasteiger partial charge in [-0.1, -0.05) is 20.8 Å². The molecule has 1 fully saturated rings. The highest BCUT2D eigenvalue weighted by molar-refractivity contribution is 7.98. The summed E-state index contributed by atoms with van der Waals surface area (Å²) in [5, 5.41) is 0.0405. The lowest BCUT2D eigenvalue weighted by molar-refractivity contribution is -0.165. The number of hydrogen-bond acceptors (Lipinski definition) is 6. The lowest BCUT2D eigenvalue weighted by Gasteiger charge is -2.42. The first kappa shape index (κ1) is 23.0. The van der Waals surface area contributed by atoms with E-state index in [4.69, 9.17) is 18.6 Å². The molecule has 0 amide bonds. The van der Waals surface area contributed by atoms with Crippen molar-refractivity contribution in [2.24, 2.45) is 5.92 Å². The van der Waals surface area contributed by atoms with Gasteiger partial charge in [-0.05, 0) is 45.2 Å². The summed E-state index contributed by atoms with van der Waals surface area (Å²) in [5.74, 6) is -0.600. The molecule has 25 heavy (non-hydrogen) atoms. The molecule has 148 valence electrons. The molecule has 1 saturated heterocycles. The molecule has 2 unspecified atom stereocenters. The van der Waals surface area contributed by atoms with Gasteiger partial charge in [-0.2, -0.15) is 11.8 Å². The minimum absolute atomic E-state index is 0.0405. The van der Waals surface area contributed by atoms with Crippen LogP contribution in [0.4, 0.5) is 0 Å². The SMILES string of the molecule is CCOC(=O)C(CSC)C(O[Si](C)(C)C(C)(C)C)[C@H]1COC(C)(C)O1. The van der Waals surface area contributed by atoms with Crippen molar-refractivity contribution in [1.82, 2.24) is 0 Å². The van der Waals surface area contributed by atoms with Crippen molar-refractivity contribution < 1.29 is 23.4 Å². The highest BCUT2D eigenvalue weighted by atomic mass is 32.2. The molecule has 1 aliphatic heterocycles. The van der Waals surface area contributed by atoms with Gasteiger partial charge in [-0.25, -0.2) is 0 Å². The second-order valence-electron chi connectivity index (χ2n) is 8.52. The molecule has 0 N–H and O–H groups in total. The summed E-state index contributed by atoms with van der Waals surface area (Å²) in [6, 6.07) is 0. The maximum Gasteiger partial charge on any atom is 0.312 e. The zero-order valence-corrected chi connectivity index (χ0v) is 19.1. The molecule has 0 spiro atoms. The summed E-state index contributed by atoms with van der Waals surface area (Å²) in [6.07, 6.45) is 1.35. The molecule has 0 radical (unpaired) electrons. The number of carbonyl (C=O) groups is 1. The van der Waals surface area contributed by atoms with Crippen LogP contribution in [0.5, 0.6) is 0 Å². The standard InChI is InChI=1S/C18H36O5SSi/c1-10-20-16(19)13(12-24-7)15(14-11-21-18(5,6)22-14)23-25(8,9)17(2,3)4/h13-15H,10-12H2,1-9H3/t13?,14-,15?/m1/s1. The lowest BCUT2D eigenvalue weighted by Crippen LogP contribution is -2.52. The Morgan fingerprint density at radius 2 is 1.96 bits per heavy atom. The summed E-state index contributed by atoms with van der Waals surface area (Å²) >= 11 is 1.62. The van der Waals surface area contributed by atoms with E-state index in [1.165, 1.54) is 0 Å². The van der Waals surface area contributed by atoms with Gasteiger partial charge in [0, 0.05) is 5.75 Å². The van der Waals surface area contributed by atoms with E-state index >= 15 is 0 Å². The second-order valence-corrected chi connectivity index (χ2v) is 14.2. The fourth-order valence-electron chi connectivity index (χ4n) is 2.54. The second kappa shape index (κ2) is 8.74. The molecule has 0 aromatic rings. The predicted molar refractivity (Wildman–Crippen MR) is 105 cm³/mol. The van der Waals surface area contributed by atoms with Gasteiger partial charge < -0.3 is 18.6 Å². The molecule has 7 heteroatoms. The van der Waals surface area contributed by atoms with E-state index in [0.717, 1.165) is 0 Å². The Morgan fingerprint density at radius 1 is 1.36 bits per heavy atom. The Morgan fingerprint density at radius 3 is 2.36 bits per heavy atom. The van der Waals surface area contributed by atoms with Gasteiger partial charge in [0.2, 0.25) is 0 Å². The van der Waals surface area contributed by atoms with Crippen LogP contribution in [-0.2, 0) is 23.4 Å². The number of ether oxygens (including phenoxy) is 3. The van der Waals surface area contributed by atoms with Gasteiger partial charge in [-0.15, -0.1) is 0 Å². The molecule has 0 aromatic heterocycles. The van der Waals surface area contributed by atoms with Gasteiger partial charge in [0.25, 0.3) is 0 Å². The van der Waals surface area contributed by atoms with Crippen LogP contribution in [0, 0.1) is 5.92 Å². The number of carbonyl (C=O) groups excluding carboxylic acids is 1. The van der Waals surface area contributed by atoms with Gasteiger partial charge in [-0.3, -0.25) is 4.79 Å². The van der Waals surface area contributed by atoms with Crippen molar-refractivity contribution in [1.29, 1.82) is 0 Å². The van der Waals surface area contributed by atoms with Crippen LogP contribution in [0.25, 0.3) is 0 Å². The average molecular weight is 393 g/mol. The first-order chi connectivity index (χ1) is 11.3. The third-order valence-electron chi connectivity index (χ3n) is 4.97. The topological polar surface area (TPSA) is 54.0 Å². The van der Waals surface area contributed by atoms with Crippen molar-refractivity contribution in [2.45, 2.75) is 77.7 Å². The van der Waals surface area contributed by atoms with E-state index < -0.39 is 14.1 Å². The van der Waals surface area contributed by atoms with Crippen LogP contribution in [0.1, 0.15) is 41.5 Å². The molecule has 0 saturated carbocycles. The Labute approximate surface area is 158 Å². The maximum atomic E-state index is 12.6. The van der Waals surface area contributed by atoms with E-state index in [1.807, 2.05) is 27.0 Å². The quantitative estimate of drug-likeness (QED) is 0.458. The maximum absolute atomic E-state index is 12.6. The number of esters is 1. The Kier molecular flexibility index (Phi) is 8.02. The molecular formula is C18H36O5SSi. The average Bonchev–Trinajstić information content (AvgIpc) is 2.81. The van der Waals surface area contributed by atoms with Crippen LogP contribution in [0.15, 0.2) is 0 Å². The van der Waals surface area contributed by atoms with Gasteiger partial charge in [0.15, 0.2) is 14.1 Å². The van der Waals surface area contributed by atoms with Crippen molar-refractivity contribution in [3.05, 3.63) is 0 Å².